The van der Waals surface area contributed by atoms with Crippen LogP contribution in [0.15, 0.2) is 73.5 Å². The average molecular weight is 454 g/mol. The Labute approximate surface area is 208 Å². The molecule has 2 N–H and O–H groups in total. The van der Waals surface area contributed by atoms with E-state index < -0.39 is 72.6 Å². The van der Waals surface area contributed by atoms with Gasteiger partial charge < -0.3 is 14.6 Å². The van der Waals surface area contributed by atoms with Crippen molar-refractivity contribution in [2.75, 3.05) is 13.0 Å². The van der Waals surface area contributed by atoms with E-state index in [0.717, 1.165) is 0 Å². The number of fused-ring (bicyclic) bond motifs is 1. The number of aromatic nitrogens is 4. The van der Waals surface area contributed by atoms with Crippen LogP contribution in [0.1, 0.15) is 36.6 Å². The number of benzene rings is 2. The fourth-order valence-corrected chi connectivity index (χ4v) is 3.18. The first kappa shape index (κ1) is 10.6. The van der Waals surface area contributed by atoms with Crippen LogP contribution in [0.5, 0.6) is 11.5 Å². The summed E-state index contributed by atoms with van der Waals surface area (Å²) in [6.45, 7) is -9.25. The van der Waals surface area contributed by atoms with Crippen molar-refractivity contribution in [2.45, 2.75) is 18.8 Å². The van der Waals surface area contributed by atoms with E-state index in [9.17, 15) is 6.17 Å². The first-order valence-corrected chi connectivity index (χ1v) is 9.58. The van der Waals surface area contributed by atoms with Crippen molar-refractivity contribution in [3.05, 3.63) is 79.0 Å². The lowest BCUT2D eigenvalue weighted by molar-refractivity contribution is -0.127. The van der Waals surface area contributed by atoms with Crippen LogP contribution in [0.3, 0.4) is 0 Å². The zero-order valence-corrected chi connectivity index (χ0v) is 16.8. The third kappa shape index (κ3) is 4.03. The highest BCUT2D eigenvalue weighted by Gasteiger charge is 2.27. The summed E-state index contributed by atoms with van der Waals surface area (Å²) >= 11 is 0. The van der Waals surface area contributed by atoms with Crippen LogP contribution in [-0.2, 0) is 4.79 Å². The molecule has 33 heavy (non-hydrogen) atoms. The molecule has 2 aromatic carbocycles. The number of hydrogen-bond donors (Lipinski definition) is 2. The molecule has 1 fully saturated rings. The molecule has 166 valence electrons. The van der Waals surface area contributed by atoms with Gasteiger partial charge in [0.15, 0.2) is 5.49 Å². The Morgan fingerprint density at radius 3 is 2.91 bits per heavy atom. The minimum absolute atomic E-state index is 0.194. The summed E-state index contributed by atoms with van der Waals surface area (Å²) < 4.78 is 115. The van der Waals surface area contributed by atoms with Crippen LogP contribution in [0.4, 0.5) is 0 Å². The molecule has 0 bridgehead atoms. The van der Waals surface area contributed by atoms with Gasteiger partial charge in [-0.05, 0) is 55.2 Å². The Bertz CT molecular complexity index is 1940. The maximum absolute atomic E-state index is 13.2. The molecular formula is C25H24N6O2. The van der Waals surface area contributed by atoms with E-state index in [2.05, 4.69) is 15.1 Å². The van der Waals surface area contributed by atoms with Gasteiger partial charge >= 0.3 is 0 Å². The van der Waals surface area contributed by atoms with Crippen molar-refractivity contribution >= 4 is 16.9 Å². The molecule has 1 aliphatic heterocycles. The number of ether oxygens (including phenoxy) is 1. The maximum Gasteiger partial charge on any atom is 0.246 e. The second-order valence-electron chi connectivity index (χ2n) is 6.71. The molecule has 0 radical (unpaired) electrons. The summed E-state index contributed by atoms with van der Waals surface area (Å²) in [7, 11) is 0. The van der Waals surface area contributed by atoms with Gasteiger partial charge in [-0.3, -0.25) is 10.2 Å². The summed E-state index contributed by atoms with van der Waals surface area (Å²) in [5.74, 6) is -1.09. The Balaban J connectivity index is 1.79. The Morgan fingerprint density at radius 1 is 1.33 bits per heavy atom. The predicted molar refractivity (Wildman–Crippen MR) is 125 cm³/mol. The number of nitrogens with one attached hydrogen (secondary N) is 2. The molecule has 2 aromatic heterocycles. The number of piperidine rings is 1. The zero-order chi connectivity index (χ0) is 34.2. The molecule has 0 unspecified atom stereocenters. The number of H-pyrrole nitrogens is 1. The number of aromatic amines is 1. The van der Waals surface area contributed by atoms with Crippen molar-refractivity contribution in [2.24, 2.45) is 0 Å². The summed E-state index contributed by atoms with van der Waals surface area (Å²) in [4.78, 5) is 18.8. The van der Waals surface area contributed by atoms with E-state index in [1.807, 2.05) is 0 Å². The number of nitrogens with zero attached hydrogens (tertiary/aromatic N) is 4. The van der Waals surface area contributed by atoms with E-state index in [-0.39, 0.29) is 16.6 Å². The molecule has 4 aromatic rings. The van der Waals surface area contributed by atoms with Crippen LogP contribution < -0.4 is 10.2 Å². The molecule has 8 heteroatoms. The lowest BCUT2D eigenvalue weighted by Crippen LogP contribution is -2.40. The molecular weight excluding hydrogens is 416 g/mol. The van der Waals surface area contributed by atoms with Crippen molar-refractivity contribution in [1.29, 1.82) is 5.41 Å². The fraction of sp³-hybridized carbons (Fsp3) is 0.200. The molecule has 1 saturated heterocycles. The number of rotatable bonds is 5. The van der Waals surface area contributed by atoms with Crippen LogP contribution >= 0.6 is 0 Å². The Hall–Kier alpha value is -4.20. The minimum Gasteiger partial charge on any atom is -0.457 e. The zero-order valence-electron chi connectivity index (χ0n) is 29.8. The highest BCUT2D eigenvalue weighted by Crippen LogP contribution is 2.31. The van der Waals surface area contributed by atoms with Gasteiger partial charge in [0.1, 0.15) is 24.2 Å². The number of hydrogen-bond acceptors (Lipinski definition) is 5. The van der Waals surface area contributed by atoms with E-state index in [0.29, 0.717) is 16.2 Å². The predicted octanol–water partition coefficient (Wildman–Crippen LogP) is 4.05. The Kier molecular flexibility index (Phi) is 2.81. The second-order valence-corrected chi connectivity index (χ2v) is 6.71. The number of para-hydroxylation sites is 1. The molecule has 0 spiro atoms. The lowest BCUT2D eigenvalue weighted by Gasteiger charge is -2.32. The minimum atomic E-state index is -3.91. The fourth-order valence-electron chi connectivity index (χ4n) is 3.18. The molecule has 1 aliphatic rings. The first-order chi connectivity index (χ1) is 21.2. The van der Waals surface area contributed by atoms with Gasteiger partial charge in [0.25, 0.3) is 0 Å². The van der Waals surface area contributed by atoms with Crippen molar-refractivity contribution in [1.82, 2.24) is 24.6 Å². The molecule has 1 atom stereocenters. The third-order valence-electron chi connectivity index (χ3n) is 4.66. The van der Waals surface area contributed by atoms with Crippen molar-refractivity contribution in [3.63, 3.8) is 0 Å². The lowest BCUT2D eigenvalue weighted by atomic mass is 10.1. The van der Waals surface area contributed by atoms with Gasteiger partial charge in [-0.15, -0.1) is 0 Å². The molecule has 1 amide bonds. The smallest absolute Gasteiger partial charge is 0.246 e. The summed E-state index contributed by atoms with van der Waals surface area (Å²) in [6, 6.07) is 9.50. The second kappa shape index (κ2) is 8.74. The van der Waals surface area contributed by atoms with Crippen LogP contribution in [0, 0.1) is 5.41 Å². The monoisotopic (exact) mass is 453 g/mol. The first-order valence-electron chi connectivity index (χ1n) is 16.1. The van der Waals surface area contributed by atoms with Crippen LogP contribution in [0.2, 0.25) is 0 Å². The SMILES string of the molecule is [2H]C([2H])=C([2H])C(=O)N1C([2H])([2H])C([2H])([2H])C([2H])([2H])[C@@]([2H])(n2nc(-c3ccc(Oc4ccccc4)cc3)c3c(=N)nc([2H])[nH]c32)C1([2H])[2H]. The summed E-state index contributed by atoms with van der Waals surface area (Å²) in [6.07, 6.45) is -8.48. The van der Waals surface area contributed by atoms with Gasteiger partial charge in [-0.25, -0.2) is 9.67 Å². The average Bonchev–Trinajstić information content (AvgIpc) is 3.36. The van der Waals surface area contributed by atoms with Gasteiger partial charge in [-0.2, -0.15) is 5.10 Å². The van der Waals surface area contributed by atoms with Crippen molar-refractivity contribution in [3.8, 4) is 22.8 Å². The van der Waals surface area contributed by atoms with E-state index >= 15 is 0 Å². The summed E-state index contributed by atoms with van der Waals surface area (Å²) in [5.41, 5.74) is -1.15. The number of amides is 1. The number of likely N-dealkylation sites (tertiary alicyclic amines) is 1. The van der Waals surface area contributed by atoms with Gasteiger partial charge in [0.05, 0.1) is 25.9 Å². The Morgan fingerprint density at radius 2 is 2.12 bits per heavy atom. The molecule has 3 heterocycles. The molecule has 5 rings (SSSR count). The van der Waals surface area contributed by atoms with Crippen molar-refractivity contribution < 1.29 is 27.4 Å². The third-order valence-corrected chi connectivity index (χ3v) is 4.66. The standard InChI is InChI=1S/C25H24N6O2/c1-2-21(32)30-14-6-7-18(15-30)31-25-22(24(26)27-16-28-25)23(29-31)17-10-12-20(13-11-17)33-19-8-4-3-5-9-19/h2-5,8-13,16,18H,1,6-7,14-15H2,(H2,26,27,28)/t18-/m1/s1/i1D2,2D,6D2,7D2,14D2,15D2,16D,18D. The largest absolute Gasteiger partial charge is 0.457 e. The van der Waals surface area contributed by atoms with Gasteiger partial charge in [0, 0.05) is 26.8 Å². The highest BCUT2D eigenvalue weighted by molar-refractivity contribution is 5.90. The summed E-state index contributed by atoms with van der Waals surface area (Å²) in [5, 5.41) is 12.4. The van der Waals surface area contributed by atoms with Crippen LogP contribution in [-0.4, -0.2) is 43.5 Å². The maximum atomic E-state index is 13.2. The molecule has 8 nitrogen and oxygen atoms in total. The van der Waals surface area contributed by atoms with E-state index in [4.69, 9.17) is 26.6 Å². The topological polar surface area (TPSA) is 99.9 Å². The van der Waals surface area contributed by atoms with Gasteiger partial charge in [-0.1, -0.05) is 24.7 Å². The van der Waals surface area contributed by atoms with Crippen LogP contribution in [0.25, 0.3) is 22.3 Å². The molecule has 0 aliphatic carbocycles. The van der Waals surface area contributed by atoms with E-state index in [1.54, 1.807) is 30.3 Å². The van der Waals surface area contributed by atoms with E-state index in [1.165, 1.54) is 24.3 Å². The van der Waals surface area contributed by atoms with Gasteiger partial charge in [0.2, 0.25) is 5.91 Å². The highest BCUT2D eigenvalue weighted by atomic mass is 16.5. The molecule has 0 saturated carbocycles. The normalized spacial score (nSPS) is 29.9. The number of carbonyl (C=O) groups excluding carboxylic acids is 1. The number of carbonyl (C=O) groups is 1. The quantitative estimate of drug-likeness (QED) is 0.445.